The first-order valence-electron chi connectivity index (χ1n) is 7.39. The van der Waals surface area contributed by atoms with Gasteiger partial charge in [0.15, 0.2) is 0 Å². The molecule has 0 aromatic carbocycles. The Kier molecular flexibility index (Phi) is 4.05. The highest BCUT2D eigenvalue weighted by atomic mass is 16.2. The molecule has 2 aliphatic rings. The second kappa shape index (κ2) is 5.97. The van der Waals surface area contributed by atoms with Gasteiger partial charge in [-0.25, -0.2) is 4.79 Å². The number of nitrogens with one attached hydrogen (secondary N) is 2. The van der Waals surface area contributed by atoms with Gasteiger partial charge in [0.05, 0.1) is 0 Å². The fourth-order valence-electron chi connectivity index (χ4n) is 3.38. The van der Waals surface area contributed by atoms with E-state index in [0.29, 0.717) is 13.1 Å². The van der Waals surface area contributed by atoms with Crippen molar-refractivity contribution in [2.24, 2.45) is 5.73 Å². The molecule has 7 heteroatoms. The Bertz CT molecular complexity index is 489. The van der Waals surface area contributed by atoms with Crippen LogP contribution in [0, 0.1) is 0 Å². The van der Waals surface area contributed by atoms with Crippen molar-refractivity contribution < 1.29 is 4.79 Å². The molecule has 0 spiro atoms. The van der Waals surface area contributed by atoms with Crippen LogP contribution < -0.4 is 16.4 Å². The number of carbonyl (C=O) groups excluding carboxylic acids is 1. The van der Waals surface area contributed by atoms with Crippen LogP contribution in [0.5, 0.6) is 0 Å². The minimum atomic E-state index is -0.541. The molecule has 2 amide bonds. The number of nitrogens with two attached hydrogens (primary N) is 1. The van der Waals surface area contributed by atoms with Gasteiger partial charge in [-0.2, -0.15) is 0 Å². The highest BCUT2D eigenvalue weighted by Crippen LogP contribution is 2.33. The Morgan fingerprint density at radius 3 is 2.67 bits per heavy atom. The average Bonchev–Trinajstić information content (AvgIpc) is 2.56. The molecule has 1 atom stereocenters. The number of pyridine rings is 1. The maximum atomic E-state index is 12.0. The molecule has 2 fully saturated rings. The van der Waals surface area contributed by atoms with Gasteiger partial charge in [-0.3, -0.25) is 14.8 Å². The topological polar surface area (TPSA) is 86.5 Å². The van der Waals surface area contributed by atoms with Crippen molar-refractivity contribution in [1.29, 1.82) is 0 Å². The number of primary amides is 1. The zero-order valence-corrected chi connectivity index (χ0v) is 12.1. The van der Waals surface area contributed by atoms with Crippen molar-refractivity contribution in [2.75, 3.05) is 45.8 Å². The second-order valence-corrected chi connectivity index (χ2v) is 5.46. The van der Waals surface area contributed by atoms with Crippen molar-refractivity contribution in [3.63, 3.8) is 0 Å². The molecule has 2 saturated heterocycles. The van der Waals surface area contributed by atoms with Crippen LogP contribution in [0.1, 0.15) is 5.56 Å². The van der Waals surface area contributed by atoms with Gasteiger partial charge in [0, 0.05) is 63.8 Å². The Morgan fingerprint density at radius 1 is 1.24 bits per heavy atom. The Morgan fingerprint density at radius 2 is 2.00 bits per heavy atom. The van der Waals surface area contributed by atoms with Crippen LogP contribution in [0.15, 0.2) is 24.5 Å². The van der Waals surface area contributed by atoms with E-state index in [9.17, 15) is 4.79 Å². The lowest BCUT2D eigenvalue weighted by molar-refractivity contribution is -0.0574. The first-order chi connectivity index (χ1) is 10.2. The van der Waals surface area contributed by atoms with Crippen molar-refractivity contribution in [2.45, 2.75) is 5.66 Å². The van der Waals surface area contributed by atoms with Crippen LogP contribution in [0.25, 0.3) is 0 Å². The quantitative estimate of drug-likeness (QED) is 0.659. The van der Waals surface area contributed by atoms with Crippen molar-refractivity contribution in [3.05, 3.63) is 30.1 Å². The molecule has 0 saturated carbocycles. The number of hydrogen-bond acceptors (Lipinski definition) is 5. The normalized spacial score (nSPS) is 27.5. The molecular weight excluding hydrogens is 268 g/mol. The van der Waals surface area contributed by atoms with Gasteiger partial charge in [0.2, 0.25) is 0 Å². The van der Waals surface area contributed by atoms with Crippen molar-refractivity contribution >= 4 is 6.03 Å². The third kappa shape index (κ3) is 2.48. The molecule has 0 radical (unpaired) electrons. The predicted octanol–water partition coefficient (Wildman–Crippen LogP) is -0.876. The molecular formula is C14H22N6O. The lowest BCUT2D eigenvalue weighted by atomic mass is 9.94. The summed E-state index contributed by atoms with van der Waals surface area (Å²) in [5.74, 6) is 0. The number of amides is 2. The van der Waals surface area contributed by atoms with E-state index in [1.165, 1.54) is 0 Å². The molecule has 0 bridgehead atoms. The third-order valence-electron chi connectivity index (χ3n) is 4.36. The van der Waals surface area contributed by atoms with Crippen LogP contribution >= 0.6 is 0 Å². The summed E-state index contributed by atoms with van der Waals surface area (Å²) in [5.41, 5.74) is 6.15. The van der Waals surface area contributed by atoms with Crippen molar-refractivity contribution in [3.8, 4) is 0 Å². The Balaban J connectivity index is 2.06. The van der Waals surface area contributed by atoms with E-state index < -0.39 is 5.66 Å². The van der Waals surface area contributed by atoms with Gasteiger partial charge in [0.1, 0.15) is 5.66 Å². The number of carbonyl (C=O) groups is 1. The summed E-state index contributed by atoms with van der Waals surface area (Å²) < 4.78 is 0. The molecule has 1 aromatic rings. The highest BCUT2D eigenvalue weighted by molar-refractivity contribution is 5.73. The van der Waals surface area contributed by atoms with Gasteiger partial charge in [-0.05, 0) is 6.07 Å². The molecule has 2 aliphatic heterocycles. The third-order valence-corrected chi connectivity index (χ3v) is 4.36. The standard InChI is InChI=1S/C14H22N6O/c15-13(21)20-9-6-18-11-14(20,12-2-1-3-17-10-12)19-7-4-16-5-8-19/h1-3,10,16,18H,4-9,11H2,(H2,15,21). The van der Waals surface area contributed by atoms with E-state index in [1.807, 2.05) is 18.3 Å². The molecule has 1 unspecified atom stereocenters. The Labute approximate surface area is 124 Å². The average molecular weight is 290 g/mol. The zero-order chi connectivity index (χ0) is 14.7. The fourth-order valence-corrected chi connectivity index (χ4v) is 3.38. The zero-order valence-electron chi connectivity index (χ0n) is 12.1. The summed E-state index contributed by atoms with van der Waals surface area (Å²) in [6, 6.07) is 3.56. The van der Waals surface area contributed by atoms with Gasteiger partial charge >= 0.3 is 6.03 Å². The first-order valence-corrected chi connectivity index (χ1v) is 7.39. The summed E-state index contributed by atoms with van der Waals surface area (Å²) in [5, 5.41) is 6.77. The van der Waals surface area contributed by atoms with Crippen LogP contribution in [0.3, 0.4) is 0 Å². The van der Waals surface area contributed by atoms with E-state index in [1.54, 1.807) is 11.1 Å². The number of piperazine rings is 2. The van der Waals surface area contributed by atoms with Crippen LogP contribution in [-0.2, 0) is 5.66 Å². The lowest BCUT2D eigenvalue weighted by Crippen LogP contribution is -2.71. The maximum Gasteiger partial charge on any atom is 0.316 e. The molecule has 0 aliphatic carbocycles. The molecule has 114 valence electrons. The molecule has 7 nitrogen and oxygen atoms in total. The van der Waals surface area contributed by atoms with Gasteiger partial charge in [-0.1, -0.05) is 6.07 Å². The molecule has 3 rings (SSSR count). The monoisotopic (exact) mass is 290 g/mol. The molecule has 21 heavy (non-hydrogen) atoms. The van der Waals surface area contributed by atoms with E-state index in [-0.39, 0.29) is 6.03 Å². The minimum Gasteiger partial charge on any atom is -0.351 e. The highest BCUT2D eigenvalue weighted by Gasteiger charge is 2.47. The van der Waals surface area contributed by atoms with Crippen LogP contribution in [0.4, 0.5) is 4.79 Å². The van der Waals surface area contributed by atoms with E-state index >= 15 is 0 Å². The predicted molar refractivity (Wildman–Crippen MR) is 79.5 cm³/mol. The number of rotatable bonds is 2. The first kappa shape index (κ1) is 14.2. The van der Waals surface area contributed by atoms with E-state index in [4.69, 9.17) is 5.73 Å². The minimum absolute atomic E-state index is 0.376. The SMILES string of the molecule is NC(=O)N1CCNCC1(c1cccnc1)N1CCNCC1. The molecule has 1 aromatic heterocycles. The number of aromatic nitrogens is 1. The molecule has 3 heterocycles. The number of hydrogen-bond donors (Lipinski definition) is 3. The lowest BCUT2D eigenvalue weighted by Gasteiger charge is -2.54. The van der Waals surface area contributed by atoms with Gasteiger partial charge in [-0.15, -0.1) is 0 Å². The number of nitrogens with zero attached hydrogens (tertiary/aromatic N) is 3. The molecule has 4 N–H and O–H groups in total. The largest absolute Gasteiger partial charge is 0.351 e. The number of urea groups is 1. The second-order valence-electron chi connectivity index (χ2n) is 5.46. The summed E-state index contributed by atoms with van der Waals surface area (Å²) in [6.45, 7) is 5.61. The van der Waals surface area contributed by atoms with Gasteiger partial charge < -0.3 is 16.4 Å². The van der Waals surface area contributed by atoms with Crippen LogP contribution in [0.2, 0.25) is 0 Å². The van der Waals surface area contributed by atoms with Gasteiger partial charge in [0.25, 0.3) is 0 Å². The summed E-state index contributed by atoms with van der Waals surface area (Å²) in [6.07, 6.45) is 3.59. The van der Waals surface area contributed by atoms with Crippen molar-refractivity contribution in [1.82, 2.24) is 25.4 Å². The van der Waals surface area contributed by atoms with E-state index in [0.717, 1.165) is 38.3 Å². The Hall–Kier alpha value is -1.70. The van der Waals surface area contributed by atoms with Crippen LogP contribution in [-0.4, -0.2) is 66.6 Å². The van der Waals surface area contributed by atoms with E-state index in [2.05, 4.69) is 20.5 Å². The summed E-state index contributed by atoms with van der Waals surface area (Å²) >= 11 is 0. The fraction of sp³-hybridized carbons (Fsp3) is 0.571. The summed E-state index contributed by atoms with van der Waals surface area (Å²) in [4.78, 5) is 20.4. The maximum absolute atomic E-state index is 12.0. The smallest absolute Gasteiger partial charge is 0.316 e. The summed E-state index contributed by atoms with van der Waals surface area (Å²) in [7, 11) is 0.